The number of nitrogens with zero attached hydrogens (tertiary/aromatic N) is 3. The topological polar surface area (TPSA) is 45.1 Å². The first-order valence-corrected chi connectivity index (χ1v) is 7.21. The molecule has 0 atom stereocenters. The Bertz CT molecular complexity index is 380. The van der Waals surface area contributed by atoms with Crippen LogP contribution >= 0.6 is 23.8 Å². The zero-order valence-corrected chi connectivity index (χ0v) is 13.1. The number of nitrogens with one attached hydrogen (secondary N) is 2. The monoisotopic (exact) mass is 303 g/mol. The van der Waals surface area contributed by atoms with E-state index >= 15 is 0 Å². The molecule has 1 heterocycles. The number of halogens is 1. The number of rotatable bonds is 8. The van der Waals surface area contributed by atoms with E-state index in [9.17, 15) is 0 Å². The molecule has 0 saturated carbocycles. The summed E-state index contributed by atoms with van der Waals surface area (Å²) in [7, 11) is 4.14. The number of hydrogen-bond donors (Lipinski definition) is 2. The van der Waals surface area contributed by atoms with Crippen molar-refractivity contribution >= 4 is 28.9 Å². The predicted octanol–water partition coefficient (Wildman–Crippen LogP) is 1.34. The van der Waals surface area contributed by atoms with Gasteiger partial charge in [-0.15, -0.1) is 0 Å². The molecular formula is C12H22ClN5S. The molecule has 1 aromatic rings. The smallest absolute Gasteiger partial charge is 0.166 e. The molecule has 19 heavy (non-hydrogen) atoms. The van der Waals surface area contributed by atoms with E-state index in [2.05, 4.69) is 34.7 Å². The normalized spacial score (nSPS) is 10.7. The molecule has 1 aromatic heterocycles. The van der Waals surface area contributed by atoms with Crippen LogP contribution in [0.25, 0.3) is 0 Å². The summed E-state index contributed by atoms with van der Waals surface area (Å²) >= 11 is 11.0. The third kappa shape index (κ3) is 8.02. The van der Waals surface area contributed by atoms with Crippen molar-refractivity contribution in [3.8, 4) is 0 Å². The minimum Gasteiger partial charge on any atom is -0.363 e. The molecule has 0 aromatic carbocycles. The Morgan fingerprint density at radius 2 is 2.05 bits per heavy atom. The molecular weight excluding hydrogens is 282 g/mol. The fraction of sp³-hybridized carbons (Fsp3) is 0.667. The van der Waals surface area contributed by atoms with Gasteiger partial charge in [0, 0.05) is 25.8 Å². The summed E-state index contributed by atoms with van der Waals surface area (Å²) in [5, 5.41) is 11.9. The lowest BCUT2D eigenvalue weighted by Crippen LogP contribution is -2.37. The largest absolute Gasteiger partial charge is 0.363 e. The Kier molecular flexibility index (Phi) is 7.78. The molecule has 108 valence electrons. The summed E-state index contributed by atoms with van der Waals surface area (Å²) in [5.74, 6) is 0. The predicted molar refractivity (Wildman–Crippen MR) is 83.6 cm³/mol. The van der Waals surface area contributed by atoms with Crippen LogP contribution in [0, 0.1) is 0 Å². The molecule has 0 amide bonds. The Morgan fingerprint density at radius 3 is 2.63 bits per heavy atom. The first-order chi connectivity index (χ1) is 9.08. The van der Waals surface area contributed by atoms with E-state index in [0.717, 1.165) is 44.1 Å². The standard InChI is InChI=1S/C12H22ClN5S/c1-17(2)7-3-5-14-12(19)15-6-4-8-18-10-11(13)9-16-18/h9-10H,3-8H2,1-2H3,(H2,14,15,19). The lowest BCUT2D eigenvalue weighted by atomic mass is 10.4. The van der Waals surface area contributed by atoms with E-state index in [1.54, 1.807) is 6.20 Å². The Labute approximate surface area is 125 Å². The molecule has 0 aliphatic heterocycles. The first kappa shape index (κ1) is 16.2. The molecule has 7 heteroatoms. The van der Waals surface area contributed by atoms with Crippen molar-refractivity contribution in [2.24, 2.45) is 0 Å². The summed E-state index contributed by atoms with van der Waals surface area (Å²) in [6.45, 7) is 3.63. The number of hydrogen-bond acceptors (Lipinski definition) is 3. The highest BCUT2D eigenvalue weighted by Gasteiger charge is 1.97. The van der Waals surface area contributed by atoms with Crippen molar-refractivity contribution in [1.29, 1.82) is 0 Å². The number of thiocarbonyl (C=S) groups is 1. The molecule has 0 saturated heterocycles. The summed E-state index contributed by atoms with van der Waals surface area (Å²) in [4.78, 5) is 2.16. The molecule has 0 radical (unpaired) electrons. The van der Waals surface area contributed by atoms with Gasteiger partial charge < -0.3 is 15.5 Å². The SMILES string of the molecule is CN(C)CCCNC(=S)NCCCn1cc(Cl)cn1. The second kappa shape index (κ2) is 9.12. The Balaban J connectivity index is 1.98. The molecule has 5 nitrogen and oxygen atoms in total. The molecule has 0 unspecified atom stereocenters. The van der Waals surface area contributed by atoms with E-state index in [1.807, 2.05) is 10.9 Å². The van der Waals surface area contributed by atoms with E-state index in [0.29, 0.717) is 5.02 Å². The quantitative estimate of drug-likeness (QED) is 0.560. The van der Waals surface area contributed by atoms with Gasteiger partial charge in [0.25, 0.3) is 0 Å². The second-order valence-electron chi connectivity index (χ2n) is 4.61. The second-order valence-corrected chi connectivity index (χ2v) is 5.46. The Hall–Kier alpha value is -0.850. The van der Waals surface area contributed by atoms with Crippen molar-refractivity contribution < 1.29 is 0 Å². The molecule has 2 N–H and O–H groups in total. The highest BCUT2D eigenvalue weighted by molar-refractivity contribution is 7.80. The van der Waals surface area contributed by atoms with E-state index in [4.69, 9.17) is 23.8 Å². The maximum atomic E-state index is 5.78. The minimum absolute atomic E-state index is 0.672. The highest BCUT2D eigenvalue weighted by Crippen LogP contribution is 2.04. The van der Waals surface area contributed by atoms with Crippen LogP contribution in [0.2, 0.25) is 5.02 Å². The van der Waals surface area contributed by atoms with Gasteiger partial charge in [-0.05, 0) is 45.7 Å². The maximum Gasteiger partial charge on any atom is 0.166 e. The van der Waals surface area contributed by atoms with Gasteiger partial charge in [-0.2, -0.15) is 5.10 Å². The van der Waals surface area contributed by atoms with E-state index in [-0.39, 0.29) is 0 Å². The highest BCUT2D eigenvalue weighted by atomic mass is 35.5. The lowest BCUT2D eigenvalue weighted by molar-refractivity contribution is 0.400. The summed E-state index contributed by atoms with van der Waals surface area (Å²) in [5.41, 5.74) is 0. The Morgan fingerprint density at radius 1 is 1.37 bits per heavy atom. The summed E-state index contributed by atoms with van der Waals surface area (Å²) in [6, 6.07) is 0. The van der Waals surface area contributed by atoms with E-state index in [1.165, 1.54) is 0 Å². The summed E-state index contributed by atoms with van der Waals surface area (Å²) in [6.07, 6.45) is 5.50. The van der Waals surface area contributed by atoms with E-state index < -0.39 is 0 Å². The van der Waals surface area contributed by atoms with Crippen LogP contribution in [0.5, 0.6) is 0 Å². The van der Waals surface area contributed by atoms with Gasteiger partial charge in [-0.3, -0.25) is 4.68 Å². The van der Waals surface area contributed by atoms with Crippen molar-refractivity contribution in [3.63, 3.8) is 0 Å². The van der Waals surface area contributed by atoms with Crippen LogP contribution in [0.15, 0.2) is 12.4 Å². The van der Waals surface area contributed by atoms with Gasteiger partial charge in [0.15, 0.2) is 5.11 Å². The molecule has 0 fully saturated rings. The minimum atomic E-state index is 0.672. The van der Waals surface area contributed by atoms with Crippen LogP contribution in [-0.4, -0.2) is 53.5 Å². The molecule has 0 bridgehead atoms. The first-order valence-electron chi connectivity index (χ1n) is 6.42. The van der Waals surface area contributed by atoms with Crippen LogP contribution in [-0.2, 0) is 6.54 Å². The third-order valence-corrected chi connectivity index (χ3v) is 3.00. The van der Waals surface area contributed by atoms with Crippen molar-refractivity contribution in [3.05, 3.63) is 17.4 Å². The zero-order valence-electron chi connectivity index (χ0n) is 11.5. The van der Waals surface area contributed by atoms with Crippen LogP contribution in [0.4, 0.5) is 0 Å². The fourth-order valence-electron chi connectivity index (χ4n) is 1.56. The molecule has 0 aliphatic rings. The molecule has 1 rings (SSSR count). The zero-order chi connectivity index (χ0) is 14.1. The van der Waals surface area contributed by atoms with Gasteiger partial charge in [-0.1, -0.05) is 11.6 Å². The average molecular weight is 304 g/mol. The fourth-order valence-corrected chi connectivity index (χ4v) is 1.92. The van der Waals surface area contributed by atoms with Crippen LogP contribution < -0.4 is 10.6 Å². The van der Waals surface area contributed by atoms with Crippen LogP contribution in [0.1, 0.15) is 12.8 Å². The van der Waals surface area contributed by atoms with Gasteiger partial charge in [0.05, 0.1) is 11.2 Å². The third-order valence-electron chi connectivity index (χ3n) is 2.52. The van der Waals surface area contributed by atoms with Gasteiger partial charge in [-0.25, -0.2) is 0 Å². The molecule has 0 aliphatic carbocycles. The summed E-state index contributed by atoms with van der Waals surface area (Å²) < 4.78 is 1.83. The maximum absolute atomic E-state index is 5.78. The average Bonchev–Trinajstić information content (AvgIpc) is 2.76. The van der Waals surface area contributed by atoms with Crippen molar-refractivity contribution in [2.45, 2.75) is 19.4 Å². The lowest BCUT2D eigenvalue weighted by Gasteiger charge is -2.12. The van der Waals surface area contributed by atoms with Gasteiger partial charge in [0.2, 0.25) is 0 Å². The van der Waals surface area contributed by atoms with Crippen molar-refractivity contribution in [2.75, 3.05) is 33.7 Å². The number of aromatic nitrogens is 2. The van der Waals surface area contributed by atoms with Gasteiger partial charge in [0.1, 0.15) is 0 Å². The molecule has 0 spiro atoms. The van der Waals surface area contributed by atoms with Crippen molar-refractivity contribution in [1.82, 2.24) is 25.3 Å². The van der Waals surface area contributed by atoms with Gasteiger partial charge >= 0.3 is 0 Å². The van der Waals surface area contributed by atoms with Crippen LogP contribution in [0.3, 0.4) is 0 Å². The number of aryl methyl sites for hydroxylation is 1.